The number of nitrogens with zero attached hydrogens (tertiary/aromatic N) is 2. The fourth-order valence-corrected chi connectivity index (χ4v) is 9.56. The third-order valence-electron chi connectivity index (χ3n) is 8.87. The Kier molecular flexibility index (Phi) is 7.31. The molecule has 7 rings (SSSR count). The minimum absolute atomic E-state index is 0.00880. The van der Waals surface area contributed by atoms with Gasteiger partial charge in [-0.05, 0) is 29.3 Å². The maximum absolute atomic E-state index is 16.5. The summed E-state index contributed by atoms with van der Waals surface area (Å²) in [5.41, 5.74) is -3.30. The third kappa shape index (κ3) is 4.60. The van der Waals surface area contributed by atoms with Gasteiger partial charge in [-0.1, -0.05) is 36.4 Å². The summed E-state index contributed by atoms with van der Waals surface area (Å²) in [5, 5.41) is 12.9. The largest absolute Gasteiger partial charge is 0.545 e. The standard InChI is InChI=1S/C34H24F5N2O5P/c1-46-34(44)29-30(37)27(28(33(42)43)31(38)32(29)39)26-22-9-7-19(40-13-17(35)14-40)11-24(22)47(45,21-5-3-2-4-6-21)25-12-20(8-10-23(25)26)41-15-18(36)16-41/h2-12,17-18H,13-16H2,1H3. The van der Waals surface area contributed by atoms with Crippen LogP contribution in [0.25, 0.3) is 5.57 Å². The van der Waals surface area contributed by atoms with E-state index in [1.807, 2.05) is 0 Å². The molecule has 0 aromatic heterocycles. The lowest BCUT2D eigenvalue weighted by atomic mass is 9.85. The topological polar surface area (TPSA) is 89.8 Å². The van der Waals surface area contributed by atoms with Crippen LogP contribution in [-0.4, -0.2) is 67.9 Å². The molecule has 0 radical (unpaired) electrons. The molecule has 13 heteroatoms. The number of methoxy groups -OCH3 is 1. The van der Waals surface area contributed by atoms with Crippen molar-refractivity contribution in [3.8, 4) is 0 Å². The number of rotatable bonds is 5. The molecule has 47 heavy (non-hydrogen) atoms. The van der Waals surface area contributed by atoms with E-state index >= 15 is 17.7 Å². The number of allylic oxidation sites excluding steroid dienone is 5. The molecule has 1 unspecified atom stereocenters. The van der Waals surface area contributed by atoms with Crippen molar-refractivity contribution in [1.82, 2.24) is 0 Å². The monoisotopic (exact) mass is 666 g/mol. The second-order valence-electron chi connectivity index (χ2n) is 11.6. The zero-order valence-electron chi connectivity index (χ0n) is 24.6. The highest BCUT2D eigenvalue weighted by molar-refractivity contribution is 7.83. The summed E-state index contributed by atoms with van der Waals surface area (Å²) in [6, 6.07) is 12.8. The Bertz CT molecular complexity index is 2080. The molecular formula is C34H24F5N2O5P. The molecule has 1 atom stereocenters. The molecule has 1 aliphatic carbocycles. The maximum atomic E-state index is 16.5. The summed E-state index contributed by atoms with van der Waals surface area (Å²) < 4.78 is 96.9. The van der Waals surface area contributed by atoms with E-state index in [1.165, 1.54) is 24.3 Å². The lowest BCUT2D eigenvalue weighted by Crippen LogP contribution is -2.48. The number of carboxylic acid groups (broad SMARTS) is 1. The number of carbonyl (C=O) groups excluding carboxylic acids is 2. The number of aromatic carboxylic acids is 1. The molecule has 2 fully saturated rings. The van der Waals surface area contributed by atoms with Crippen molar-refractivity contribution in [2.45, 2.75) is 12.3 Å². The molecule has 3 aromatic carbocycles. The number of hydrogen-bond donors (Lipinski definition) is 0. The van der Waals surface area contributed by atoms with Gasteiger partial charge in [-0.25, -0.2) is 31.3 Å². The number of fused-ring (bicyclic) bond motifs is 2. The van der Waals surface area contributed by atoms with Crippen LogP contribution in [0.5, 0.6) is 0 Å². The summed E-state index contributed by atoms with van der Waals surface area (Å²) in [6.07, 6.45) is 2.32. The van der Waals surface area contributed by atoms with Gasteiger partial charge in [-0.15, -0.1) is 0 Å². The Labute approximate surface area is 265 Å². The summed E-state index contributed by atoms with van der Waals surface area (Å²) in [5.74, 6) is -9.72. The lowest BCUT2D eigenvalue weighted by Gasteiger charge is -2.39. The van der Waals surface area contributed by atoms with Crippen LogP contribution in [0.15, 0.2) is 77.6 Å². The van der Waals surface area contributed by atoms with Gasteiger partial charge in [0.1, 0.15) is 17.6 Å². The molecule has 3 aromatic rings. The SMILES string of the molecule is COC(=O)c1c(F)c(F)c(C(=O)[O-])c(C2=C3C=CC(=[N+]4CC(F)C4)C=C3P(=O)(c3ccccc3)c3cc(N4CC(F)C4)ccc32)c1F. The Hall–Kier alpha value is -4.83. The van der Waals surface area contributed by atoms with E-state index in [1.54, 1.807) is 51.9 Å². The molecule has 0 amide bonds. The van der Waals surface area contributed by atoms with Crippen molar-refractivity contribution in [1.29, 1.82) is 0 Å². The summed E-state index contributed by atoms with van der Waals surface area (Å²) in [6.45, 7) is 0.223. The smallest absolute Gasteiger partial charge is 0.344 e. The molecule has 3 aliphatic heterocycles. The highest BCUT2D eigenvalue weighted by atomic mass is 31.2. The highest BCUT2D eigenvalue weighted by Gasteiger charge is 2.46. The molecule has 3 heterocycles. The van der Waals surface area contributed by atoms with Gasteiger partial charge < -0.3 is 24.1 Å². The maximum Gasteiger partial charge on any atom is 0.344 e. The summed E-state index contributed by atoms with van der Waals surface area (Å²) in [4.78, 5) is 26.6. The van der Waals surface area contributed by atoms with Crippen molar-refractivity contribution < 1.29 is 50.5 Å². The van der Waals surface area contributed by atoms with Gasteiger partial charge in [-0.3, -0.25) is 0 Å². The van der Waals surface area contributed by atoms with Gasteiger partial charge >= 0.3 is 5.97 Å². The van der Waals surface area contributed by atoms with Crippen LogP contribution in [-0.2, 0) is 9.30 Å². The fraction of sp³-hybridized carbons (Fsp3) is 0.206. The first-order valence-corrected chi connectivity index (χ1v) is 16.3. The fourth-order valence-electron chi connectivity index (χ4n) is 6.48. The summed E-state index contributed by atoms with van der Waals surface area (Å²) in [7, 11) is -3.14. The first-order valence-electron chi connectivity index (χ1n) is 14.6. The predicted octanol–water partition coefficient (Wildman–Crippen LogP) is 3.80. The van der Waals surface area contributed by atoms with E-state index < -0.39 is 65.6 Å². The van der Waals surface area contributed by atoms with E-state index in [4.69, 9.17) is 0 Å². The number of alkyl halides is 2. The van der Waals surface area contributed by atoms with Gasteiger partial charge in [0.25, 0.3) is 0 Å². The Morgan fingerprint density at radius 3 is 2.23 bits per heavy atom. The number of halogens is 5. The van der Waals surface area contributed by atoms with Crippen molar-refractivity contribution in [3.63, 3.8) is 0 Å². The van der Waals surface area contributed by atoms with Crippen molar-refractivity contribution in [2.75, 3.05) is 38.2 Å². The minimum Gasteiger partial charge on any atom is -0.545 e. The zero-order valence-corrected chi connectivity index (χ0v) is 25.5. The van der Waals surface area contributed by atoms with Crippen LogP contribution >= 0.6 is 7.14 Å². The van der Waals surface area contributed by atoms with Gasteiger partial charge in [0, 0.05) is 50.5 Å². The quantitative estimate of drug-likeness (QED) is 0.135. The Morgan fingerprint density at radius 2 is 1.62 bits per heavy atom. The third-order valence-corrected chi connectivity index (χ3v) is 12.0. The van der Waals surface area contributed by atoms with Crippen molar-refractivity contribution in [3.05, 3.63) is 117 Å². The average Bonchev–Trinajstić information content (AvgIpc) is 3.04. The molecule has 0 spiro atoms. The second-order valence-corrected chi connectivity index (χ2v) is 14.3. The van der Waals surface area contributed by atoms with Crippen LogP contribution in [0.4, 0.5) is 27.6 Å². The van der Waals surface area contributed by atoms with Crippen LogP contribution in [0, 0.1) is 17.5 Å². The van der Waals surface area contributed by atoms with Gasteiger partial charge in [0.15, 0.2) is 31.9 Å². The molecule has 0 saturated carbocycles. The van der Waals surface area contributed by atoms with Gasteiger partial charge in [0.2, 0.25) is 11.9 Å². The Balaban J connectivity index is 1.63. The number of carbonyl (C=O) groups is 2. The van der Waals surface area contributed by atoms with Crippen molar-refractivity contribution in [2.24, 2.45) is 0 Å². The van der Waals surface area contributed by atoms with Gasteiger partial charge in [-0.2, -0.15) is 0 Å². The normalized spacial score (nSPS) is 21.9. The predicted molar refractivity (Wildman–Crippen MR) is 162 cm³/mol. The van der Waals surface area contributed by atoms with Crippen molar-refractivity contribution >= 4 is 46.7 Å². The van der Waals surface area contributed by atoms with E-state index in [2.05, 4.69) is 4.74 Å². The summed E-state index contributed by atoms with van der Waals surface area (Å²) >= 11 is 0. The molecule has 0 bridgehead atoms. The van der Waals surface area contributed by atoms with Crippen LogP contribution in [0.1, 0.15) is 31.8 Å². The number of hydrogen-bond acceptors (Lipinski definition) is 6. The van der Waals surface area contributed by atoms with Gasteiger partial charge in [0.05, 0.1) is 26.2 Å². The molecule has 0 N–H and O–H groups in total. The van der Waals surface area contributed by atoms with E-state index in [0.717, 1.165) is 7.11 Å². The molecule has 4 aliphatic rings. The average molecular weight is 667 g/mol. The molecule has 2 saturated heterocycles. The number of benzene rings is 3. The Morgan fingerprint density at radius 1 is 0.936 bits per heavy atom. The first kappa shape index (κ1) is 30.8. The number of carboxylic acids is 1. The van der Waals surface area contributed by atoms with E-state index in [-0.39, 0.29) is 53.5 Å². The van der Waals surface area contributed by atoms with Crippen LogP contribution in [0.2, 0.25) is 0 Å². The molecule has 240 valence electrons. The minimum atomic E-state index is -3.96. The van der Waals surface area contributed by atoms with Crippen LogP contribution in [0.3, 0.4) is 0 Å². The first-order chi connectivity index (χ1) is 22.4. The number of anilines is 1. The van der Waals surface area contributed by atoms with Crippen LogP contribution < -0.4 is 20.6 Å². The lowest BCUT2D eigenvalue weighted by molar-refractivity contribution is -0.599. The second kappa shape index (κ2) is 11.2. The molecular weight excluding hydrogens is 642 g/mol. The highest BCUT2D eigenvalue weighted by Crippen LogP contribution is 2.62. The van der Waals surface area contributed by atoms with E-state index in [0.29, 0.717) is 16.7 Å². The number of esters is 1. The molecule has 7 nitrogen and oxygen atoms in total. The number of ether oxygens (including phenoxy) is 1. The zero-order chi connectivity index (χ0) is 33.4. The van der Waals surface area contributed by atoms with E-state index in [9.17, 15) is 23.5 Å².